The molecule has 1 atom stereocenters. The highest BCUT2D eigenvalue weighted by Crippen LogP contribution is 2.30. The number of anilines is 2. The van der Waals surface area contributed by atoms with E-state index in [2.05, 4.69) is 41.3 Å². The van der Waals surface area contributed by atoms with Crippen LogP contribution in [0.25, 0.3) is 0 Å². The van der Waals surface area contributed by atoms with Crippen molar-refractivity contribution in [1.82, 2.24) is 14.9 Å². The molecule has 0 aromatic carbocycles. The molecule has 4 rings (SSSR count). The van der Waals surface area contributed by atoms with Gasteiger partial charge in [0.25, 0.3) is 0 Å². The summed E-state index contributed by atoms with van der Waals surface area (Å²) in [5.41, 5.74) is -0.0433. The molecule has 0 radical (unpaired) electrons. The Morgan fingerprint density at radius 1 is 1.14 bits per heavy atom. The molecular formula is C16H27N5. The average Bonchev–Trinajstić information content (AvgIpc) is 2.47. The highest BCUT2D eigenvalue weighted by atomic mass is 15.2. The Morgan fingerprint density at radius 3 is 2.33 bits per heavy atom. The smallest absolute Gasteiger partial charge is 0.138 e. The predicted octanol–water partition coefficient (Wildman–Crippen LogP) is 2.32. The van der Waals surface area contributed by atoms with Gasteiger partial charge >= 0.3 is 0 Å². The topological polar surface area (TPSA) is 53.1 Å². The van der Waals surface area contributed by atoms with Crippen LogP contribution in [-0.4, -0.2) is 47.6 Å². The lowest BCUT2D eigenvalue weighted by Gasteiger charge is -2.45. The number of rotatable bonds is 3. The van der Waals surface area contributed by atoms with E-state index in [1.54, 1.807) is 0 Å². The average molecular weight is 289 g/mol. The van der Waals surface area contributed by atoms with Crippen molar-refractivity contribution < 1.29 is 0 Å². The van der Waals surface area contributed by atoms with Crippen LogP contribution in [-0.2, 0) is 5.41 Å². The quantitative estimate of drug-likeness (QED) is 0.894. The molecule has 1 unspecified atom stereocenters. The molecule has 0 saturated carbocycles. The lowest BCUT2D eigenvalue weighted by molar-refractivity contribution is 0.0973. The van der Waals surface area contributed by atoms with Crippen LogP contribution in [0, 0.1) is 5.92 Å². The minimum absolute atomic E-state index is 0.0433. The number of hydrogen-bond donors (Lipinski definition) is 2. The first-order valence-electron chi connectivity index (χ1n) is 8.02. The molecule has 3 fully saturated rings. The summed E-state index contributed by atoms with van der Waals surface area (Å²) in [5.74, 6) is 3.52. The molecule has 3 saturated heterocycles. The molecule has 5 heteroatoms. The van der Waals surface area contributed by atoms with E-state index >= 15 is 0 Å². The Balaban J connectivity index is 1.81. The summed E-state index contributed by atoms with van der Waals surface area (Å²) < 4.78 is 0. The first-order chi connectivity index (χ1) is 9.95. The van der Waals surface area contributed by atoms with Crippen LogP contribution < -0.4 is 10.6 Å². The number of piperidine rings is 3. The summed E-state index contributed by atoms with van der Waals surface area (Å²) in [4.78, 5) is 11.9. The highest BCUT2D eigenvalue weighted by molar-refractivity contribution is 5.48. The first kappa shape index (κ1) is 14.6. The van der Waals surface area contributed by atoms with E-state index in [0.717, 1.165) is 29.9 Å². The van der Waals surface area contributed by atoms with Crippen molar-refractivity contribution in [2.75, 3.05) is 37.3 Å². The van der Waals surface area contributed by atoms with E-state index < -0.39 is 0 Å². The lowest BCUT2D eigenvalue weighted by atomic mass is 9.84. The van der Waals surface area contributed by atoms with E-state index in [1.807, 2.05) is 13.1 Å². The zero-order valence-electron chi connectivity index (χ0n) is 13.6. The fourth-order valence-electron chi connectivity index (χ4n) is 3.30. The van der Waals surface area contributed by atoms with Crippen molar-refractivity contribution >= 4 is 11.6 Å². The van der Waals surface area contributed by atoms with Gasteiger partial charge in [-0.3, -0.25) is 0 Å². The van der Waals surface area contributed by atoms with Gasteiger partial charge in [-0.05, 0) is 31.8 Å². The standard InChI is InChI=1S/C16H27N5/c1-16(2,3)15-19-13(17-4)9-14(20-15)18-12-10-21-7-5-11(12)6-8-21/h9,11-12H,5-8,10H2,1-4H3,(H2,17,18,19,20). The van der Waals surface area contributed by atoms with Gasteiger partial charge in [0, 0.05) is 31.1 Å². The van der Waals surface area contributed by atoms with Gasteiger partial charge in [-0.25, -0.2) is 9.97 Å². The van der Waals surface area contributed by atoms with Crippen molar-refractivity contribution in [2.24, 2.45) is 5.92 Å². The van der Waals surface area contributed by atoms with Crippen molar-refractivity contribution in [3.63, 3.8) is 0 Å². The summed E-state index contributed by atoms with van der Waals surface area (Å²) in [7, 11) is 1.91. The van der Waals surface area contributed by atoms with E-state index in [-0.39, 0.29) is 5.41 Å². The summed E-state index contributed by atoms with van der Waals surface area (Å²) >= 11 is 0. The van der Waals surface area contributed by atoms with Crippen molar-refractivity contribution in [1.29, 1.82) is 0 Å². The van der Waals surface area contributed by atoms with Gasteiger partial charge in [0.15, 0.2) is 0 Å². The maximum Gasteiger partial charge on any atom is 0.138 e. The van der Waals surface area contributed by atoms with Crippen LogP contribution in [0.15, 0.2) is 6.07 Å². The van der Waals surface area contributed by atoms with Crippen LogP contribution in [0.5, 0.6) is 0 Å². The molecule has 3 aliphatic rings. The van der Waals surface area contributed by atoms with Gasteiger partial charge in [-0.15, -0.1) is 0 Å². The van der Waals surface area contributed by atoms with Gasteiger partial charge < -0.3 is 15.5 Å². The normalized spacial score (nSPS) is 28.5. The molecule has 2 N–H and O–H groups in total. The first-order valence-corrected chi connectivity index (χ1v) is 8.02. The monoisotopic (exact) mass is 289 g/mol. The van der Waals surface area contributed by atoms with Crippen molar-refractivity contribution in [2.45, 2.75) is 45.1 Å². The maximum atomic E-state index is 4.75. The molecule has 1 aromatic heterocycles. The van der Waals surface area contributed by atoms with Crippen LogP contribution in [0.4, 0.5) is 11.6 Å². The van der Waals surface area contributed by atoms with Crippen molar-refractivity contribution in [3.05, 3.63) is 11.9 Å². The summed E-state index contributed by atoms with van der Waals surface area (Å²) in [6, 6.07) is 2.55. The number of aromatic nitrogens is 2. The molecule has 0 spiro atoms. The van der Waals surface area contributed by atoms with Crippen LogP contribution in [0.2, 0.25) is 0 Å². The highest BCUT2D eigenvalue weighted by Gasteiger charge is 2.34. The molecule has 0 aliphatic carbocycles. The molecule has 21 heavy (non-hydrogen) atoms. The van der Waals surface area contributed by atoms with Crippen molar-refractivity contribution in [3.8, 4) is 0 Å². The molecule has 116 valence electrons. The van der Waals surface area contributed by atoms with Gasteiger partial charge in [0.1, 0.15) is 17.5 Å². The van der Waals surface area contributed by atoms with Gasteiger partial charge in [-0.1, -0.05) is 20.8 Å². The fourth-order valence-corrected chi connectivity index (χ4v) is 3.30. The number of hydrogen-bond acceptors (Lipinski definition) is 5. The zero-order valence-corrected chi connectivity index (χ0v) is 13.6. The molecule has 0 amide bonds. The van der Waals surface area contributed by atoms with Crippen LogP contribution in [0.1, 0.15) is 39.4 Å². The molecule has 4 heterocycles. The summed E-state index contributed by atoms with van der Waals surface area (Å²) in [6.45, 7) is 10.1. The third-order valence-corrected chi connectivity index (χ3v) is 4.64. The summed E-state index contributed by atoms with van der Waals surface area (Å²) in [6.07, 6.45) is 2.63. The van der Waals surface area contributed by atoms with Gasteiger partial charge in [0.2, 0.25) is 0 Å². The second-order valence-corrected chi connectivity index (χ2v) is 7.35. The predicted molar refractivity (Wildman–Crippen MR) is 86.9 cm³/mol. The summed E-state index contributed by atoms with van der Waals surface area (Å²) in [5, 5.41) is 6.82. The third kappa shape index (κ3) is 3.12. The Kier molecular flexibility index (Phi) is 3.78. The number of fused-ring (bicyclic) bond motifs is 3. The second-order valence-electron chi connectivity index (χ2n) is 7.35. The number of nitrogens with one attached hydrogen (secondary N) is 2. The fraction of sp³-hybridized carbons (Fsp3) is 0.750. The van der Waals surface area contributed by atoms with E-state index in [0.29, 0.717) is 6.04 Å². The zero-order chi connectivity index (χ0) is 15.0. The third-order valence-electron chi connectivity index (χ3n) is 4.64. The Hall–Kier alpha value is -1.36. The molecule has 2 bridgehead atoms. The van der Waals surface area contributed by atoms with Crippen LogP contribution >= 0.6 is 0 Å². The molecule has 1 aromatic rings. The molecule has 3 aliphatic heterocycles. The second kappa shape index (κ2) is 5.44. The molecule has 5 nitrogen and oxygen atoms in total. The largest absolute Gasteiger partial charge is 0.373 e. The Labute approximate surface area is 127 Å². The van der Waals surface area contributed by atoms with E-state index in [4.69, 9.17) is 4.98 Å². The lowest BCUT2D eigenvalue weighted by Crippen LogP contribution is -2.53. The molecular weight excluding hydrogens is 262 g/mol. The minimum Gasteiger partial charge on any atom is -0.373 e. The maximum absolute atomic E-state index is 4.75. The van der Waals surface area contributed by atoms with E-state index in [1.165, 1.54) is 25.9 Å². The van der Waals surface area contributed by atoms with Gasteiger partial charge in [0.05, 0.1) is 0 Å². The SMILES string of the molecule is CNc1cc(NC2CN3CCC2CC3)nc(C(C)(C)C)n1. The van der Waals surface area contributed by atoms with Crippen LogP contribution in [0.3, 0.4) is 0 Å². The van der Waals surface area contributed by atoms with Gasteiger partial charge in [-0.2, -0.15) is 0 Å². The number of nitrogens with zero attached hydrogens (tertiary/aromatic N) is 3. The Bertz CT molecular complexity index is 500. The van der Waals surface area contributed by atoms with E-state index in [9.17, 15) is 0 Å². The Morgan fingerprint density at radius 2 is 1.81 bits per heavy atom. The minimum atomic E-state index is -0.0433.